The molecular formula is C17H23NO3. The zero-order chi connectivity index (χ0) is 15.1. The molecule has 0 heterocycles. The van der Waals surface area contributed by atoms with Crippen molar-refractivity contribution in [1.29, 1.82) is 0 Å². The number of amides is 1. The minimum absolute atomic E-state index is 0.0360. The topological polar surface area (TPSA) is 46.6 Å². The summed E-state index contributed by atoms with van der Waals surface area (Å²) in [6, 6.07) is 9.75. The summed E-state index contributed by atoms with van der Waals surface area (Å²) in [6.07, 6.45) is 4.02. The van der Waals surface area contributed by atoms with Crippen molar-refractivity contribution in [2.75, 3.05) is 13.2 Å². The second-order valence-electron chi connectivity index (χ2n) is 5.54. The molecule has 0 radical (unpaired) electrons. The Labute approximate surface area is 126 Å². The van der Waals surface area contributed by atoms with Gasteiger partial charge in [0.05, 0.1) is 6.61 Å². The number of nitrogens with zero attached hydrogens (tertiary/aromatic N) is 1. The van der Waals surface area contributed by atoms with E-state index in [0.717, 1.165) is 18.4 Å². The molecule has 1 amide bonds. The molecule has 4 heteroatoms. The minimum atomic E-state index is -0.338. The highest BCUT2D eigenvalue weighted by molar-refractivity contribution is 5.82. The Balaban J connectivity index is 1.98. The lowest BCUT2D eigenvalue weighted by atomic mass is 9.82. The maximum absolute atomic E-state index is 12.4. The van der Waals surface area contributed by atoms with Crippen LogP contribution in [0.25, 0.3) is 0 Å². The van der Waals surface area contributed by atoms with Gasteiger partial charge < -0.3 is 9.64 Å². The van der Waals surface area contributed by atoms with Crippen molar-refractivity contribution >= 4 is 11.9 Å². The number of hydrogen-bond donors (Lipinski definition) is 0. The third-order valence-electron chi connectivity index (χ3n) is 3.88. The first-order valence-corrected chi connectivity index (χ1v) is 7.66. The van der Waals surface area contributed by atoms with E-state index < -0.39 is 0 Å². The first-order chi connectivity index (χ1) is 10.2. The van der Waals surface area contributed by atoms with E-state index in [0.29, 0.717) is 25.5 Å². The molecule has 1 aliphatic carbocycles. The molecule has 0 aromatic heterocycles. The van der Waals surface area contributed by atoms with Crippen molar-refractivity contribution in [3.63, 3.8) is 0 Å². The Morgan fingerprint density at radius 1 is 1.24 bits per heavy atom. The van der Waals surface area contributed by atoms with Crippen LogP contribution in [0.5, 0.6) is 0 Å². The average molecular weight is 289 g/mol. The molecule has 21 heavy (non-hydrogen) atoms. The fourth-order valence-electron chi connectivity index (χ4n) is 2.47. The average Bonchev–Trinajstić information content (AvgIpc) is 2.43. The number of carbonyl (C=O) groups is 2. The molecule has 1 saturated carbocycles. The lowest BCUT2D eigenvalue weighted by Crippen LogP contribution is -2.37. The number of esters is 1. The van der Waals surface area contributed by atoms with Gasteiger partial charge >= 0.3 is 5.97 Å². The van der Waals surface area contributed by atoms with Gasteiger partial charge in [0.2, 0.25) is 5.91 Å². The van der Waals surface area contributed by atoms with Gasteiger partial charge in [-0.15, -0.1) is 0 Å². The monoisotopic (exact) mass is 289 g/mol. The molecule has 4 nitrogen and oxygen atoms in total. The first-order valence-electron chi connectivity index (χ1n) is 7.66. The lowest BCUT2D eigenvalue weighted by molar-refractivity contribution is -0.149. The smallest absolute Gasteiger partial charge is 0.325 e. The number of hydrogen-bond acceptors (Lipinski definition) is 3. The van der Waals surface area contributed by atoms with Crippen molar-refractivity contribution in [3.05, 3.63) is 35.9 Å². The Hall–Kier alpha value is -1.84. The quantitative estimate of drug-likeness (QED) is 0.725. The van der Waals surface area contributed by atoms with Crippen LogP contribution < -0.4 is 0 Å². The molecule has 0 atom stereocenters. The molecule has 1 aliphatic rings. The third kappa shape index (κ3) is 4.88. The highest BCUT2D eigenvalue weighted by Crippen LogP contribution is 2.30. The predicted octanol–water partition coefficient (Wildman–Crippen LogP) is 2.77. The summed E-state index contributed by atoms with van der Waals surface area (Å²) < 4.78 is 4.97. The molecule has 0 spiro atoms. The summed E-state index contributed by atoms with van der Waals surface area (Å²) in [5.41, 5.74) is 1.03. The van der Waals surface area contributed by atoms with Crippen LogP contribution in [0, 0.1) is 5.92 Å². The number of rotatable bonds is 7. The normalized spacial score (nSPS) is 14.3. The van der Waals surface area contributed by atoms with Crippen LogP contribution in [0.2, 0.25) is 0 Å². The summed E-state index contributed by atoms with van der Waals surface area (Å²) >= 11 is 0. The van der Waals surface area contributed by atoms with E-state index in [1.54, 1.807) is 11.8 Å². The highest BCUT2D eigenvalue weighted by atomic mass is 16.5. The van der Waals surface area contributed by atoms with Gasteiger partial charge in [0.25, 0.3) is 0 Å². The van der Waals surface area contributed by atoms with Gasteiger partial charge in [-0.3, -0.25) is 9.59 Å². The summed E-state index contributed by atoms with van der Waals surface area (Å²) in [6.45, 7) is 2.62. The molecule has 0 bridgehead atoms. The molecule has 1 aromatic rings. The van der Waals surface area contributed by atoms with Crippen LogP contribution >= 0.6 is 0 Å². The Kier molecular flexibility index (Phi) is 5.78. The van der Waals surface area contributed by atoms with E-state index in [9.17, 15) is 9.59 Å². The van der Waals surface area contributed by atoms with Gasteiger partial charge in [-0.05, 0) is 31.2 Å². The van der Waals surface area contributed by atoms with Crippen molar-refractivity contribution in [2.24, 2.45) is 5.92 Å². The molecule has 114 valence electrons. The van der Waals surface area contributed by atoms with Crippen LogP contribution in [0.15, 0.2) is 30.3 Å². The van der Waals surface area contributed by atoms with Gasteiger partial charge in [0.1, 0.15) is 6.54 Å². The molecule has 0 N–H and O–H groups in total. The zero-order valence-corrected chi connectivity index (χ0v) is 12.6. The number of carbonyl (C=O) groups excluding carboxylic acids is 2. The van der Waals surface area contributed by atoms with Crippen LogP contribution in [-0.4, -0.2) is 29.9 Å². The zero-order valence-electron chi connectivity index (χ0n) is 12.6. The summed E-state index contributed by atoms with van der Waals surface area (Å²) in [7, 11) is 0. The van der Waals surface area contributed by atoms with E-state index in [1.807, 2.05) is 30.3 Å². The van der Waals surface area contributed by atoms with Crippen LogP contribution in [0.4, 0.5) is 0 Å². The van der Waals surface area contributed by atoms with Gasteiger partial charge in [0.15, 0.2) is 0 Å². The van der Waals surface area contributed by atoms with Crippen molar-refractivity contribution in [3.8, 4) is 0 Å². The lowest BCUT2D eigenvalue weighted by Gasteiger charge is -2.28. The van der Waals surface area contributed by atoms with Gasteiger partial charge in [-0.2, -0.15) is 0 Å². The van der Waals surface area contributed by atoms with E-state index in [-0.39, 0.29) is 18.4 Å². The predicted molar refractivity (Wildman–Crippen MR) is 80.5 cm³/mol. The van der Waals surface area contributed by atoms with Gasteiger partial charge in [-0.1, -0.05) is 36.8 Å². The summed E-state index contributed by atoms with van der Waals surface area (Å²) in [5.74, 6) is 0.213. The standard InChI is InChI=1S/C17H23NO3/c1-2-21-17(20)13-18(12-15-7-4-3-5-8-15)16(19)11-14-9-6-10-14/h3-5,7-8,14H,2,6,9-13H2,1H3. The minimum Gasteiger partial charge on any atom is -0.465 e. The maximum Gasteiger partial charge on any atom is 0.325 e. The first kappa shape index (κ1) is 15.5. The highest BCUT2D eigenvalue weighted by Gasteiger charge is 2.25. The number of ether oxygens (including phenoxy) is 1. The fourth-order valence-corrected chi connectivity index (χ4v) is 2.47. The third-order valence-corrected chi connectivity index (χ3v) is 3.88. The van der Waals surface area contributed by atoms with Crippen molar-refractivity contribution in [2.45, 2.75) is 39.2 Å². The largest absolute Gasteiger partial charge is 0.465 e. The molecule has 1 aromatic carbocycles. The van der Waals surface area contributed by atoms with Crippen LogP contribution in [-0.2, 0) is 20.9 Å². The molecule has 0 aliphatic heterocycles. The van der Waals surface area contributed by atoms with Crippen molar-refractivity contribution in [1.82, 2.24) is 4.90 Å². The van der Waals surface area contributed by atoms with Gasteiger partial charge in [0, 0.05) is 13.0 Å². The molecular weight excluding hydrogens is 266 g/mol. The van der Waals surface area contributed by atoms with E-state index in [4.69, 9.17) is 4.74 Å². The second kappa shape index (κ2) is 7.81. The fraction of sp³-hybridized carbons (Fsp3) is 0.529. The molecule has 0 saturated heterocycles. The SMILES string of the molecule is CCOC(=O)CN(Cc1ccccc1)C(=O)CC1CCC1. The Morgan fingerprint density at radius 2 is 1.95 bits per heavy atom. The van der Waals surface area contributed by atoms with Crippen LogP contribution in [0.1, 0.15) is 38.2 Å². The molecule has 2 rings (SSSR count). The molecule has 0 unspecified atom stereocenters. The van der Waals surface area contributed by atoms with E-state index in [2.05, 4.69) is 0 Å². The Morgan fingerprint density at radius 3 is 2.52 bits per heavy atom. The van der Waals surface area contributed by atoms with E-state index >= 15 is 0 Å². The van der Waals surface area contributed by atoms with E-state index in [1.165, 1.54) is 6.42 Å². The second-order valence-corrected chi connectivity index (χ2v) is 5.54. The van der Waals surface area contributed by atoms with Crippen molar-refractivity contribution < 1.29 is 14.3 Å². The summed E-state index contributed by atoms with van der Waals surface area (Å²) in [5, 5.41) is 0. The Bertz CT molecular complexity index is 468. The number of benzene rings is 1. The van der Waals surface area contributed by atoms with Crippen LogP contribution in [0.3, 0.4) is 0 Å². The summed E-state index contributed by atoms with van der Waals surface area (Å²) in [4.78, 5) is 25.7. The molecule has 1 fully saturated rings. The van der Waals surface area contributed by atoms with Gasteiger partial charge in [-0.25, -0.2) is 0 Å². The maximum atomic E-state index is 12.4.